The molecule has 1 heteroatoms. The summed E-state index contributed by atoms with van der Waals surface area (Å²) in [6.45, 7) is 4.56. The zero-order chi connectivity index (χ0) is 14.1. The Morgan fingerprint density at radius 2 is 2.05 bits per heavy atom. The molecule has 0 amide bonds. The van der Waals surface area contributed by atoms with Crippen molar-refractivity contribution in [1.82, 2.24) is 0 Å². The molecular formula is C19H29N. The molecule has 2 saturated carbocycles. The van der Waals surface area contributed by atoms with Gasteiger partial charge >= 0.3 is 0 Å². The lowest BCUT2D eigenvalue weighted by molar-refractivity contribution is 0.296. The first-order valence-electron chi connectivity index (χ1n) is 8.46. The van der Waals surface area contributed by atoms with Gasteiger partial charge in [0.2, 0.25) is 0 Å². The number of nitrogens with two attached hydrogens (primary N) is 1. The largest absolute Gasteiger partial charge is 0.324 e. The molecule has 2 bridgehead atoms. The zero-order valence-electron chi connectivity index (χ0n) is 13.0. The maximum absolute atomic E-state index is 6.51. The Kier molecular flexibility index (Phi) is 4.16. The maximum atomic E-state index is 6.51. The van der Waals surface area contributed by atoms with Crippen LogP contribution in [0, 0.1) is 23.7 Å². The summed E-state index contributed by atoms with van der Waals surface area (Å²) in [6.07, 6.45) is 8.26. The first-order chi connectivity index (χ1) is 9.61. The van der Waals surface area contributed by atoms with Crippen LogP contribution < -0.4 is 5.73 Å². The van der Waals surface area contributed by atoms with E-state index in [1.807, 2.05) is 0 Å². The molecular weight excluding hydrogens is 242 g/mol. The lowest BCUT2D eigenvalue weighted by atomic mass is 9.83. The summed E-state index contributed by atoms with van der Waals surface area (Å²) in [7, 11) is 0. The van der Waals surface area contributed by atoms with Crippen molar-refractivity contribution in [3.8, 4) is 0 Å². The van der Waals surface area contributed by atoms with E-state index in [4.69, 9.17) is 5.73 Å². The second kappa shape index (κ2) is 5.89. The second-order valence-corrected chi connectivity index (χ2v) is 7.62. The van der Waals surface area contributed by atoms with E-state index in [0.717, 1.165) is 24.2 Å². The molecule has 2 aliphatic rings. The molecule has 2 N–H and O–H groups in total. The van der Waals surface area contributed by atoms with Crippen LogP contribution >= 0.6 is 0 Å². The van der Waals surface area contributed by atoms with Gasteiger partial charge in [0, 0.05) is 6.04 Å². The van der Waals surface area contributed by atoms with E-state index < -0.39 is 0 Å². The average Bonchev–Trinajstić information content (AvgIpc) is 3.00. The number of hydrogen-bond acceptors (Lipinski definition) is 1. The Morgan fingerprint density at radius 3 is 2.70 bits per heavy atom. The maximum Gasteiger partial charge on any atom is 0.0297 e. The van der Waals surface area contributed by atoms with Crippen LogP contribution in [-0.2, 0) is 6.42 Å². The summed E-state index contributed by atoms with van der Waals surface area (Å²) in [5.41, 5.74) is 9.30. The molecule has 0 saturated heterocycles. The highest BCUT2D eigenvalue weighted by Crippen LogP contribution is 2.50. The molecule has 2 fully saturated rings. The van der Waals surface area contributed by atoms with Crippen LogP contribution in [0.2, 0.25) is 0 Å². The standard InChI is InChI=1S/C19H29N/c1-13(2)8-14-4-3-5-17(10-14)19(20)12-18-11-15-6-7-16(18)9-15/h3-5,10,13,15-16,18-19H,6-9,11-12,20H2,1-2H3. The smallest absolute Gasteiger partial charge is 0.0297 e. The minimum absolute atomic E-state index is 0.242. The van der Waals surface area contributed by atoms with Gasteiger partial charge in [-0.15, -0.1) is 0 Å². The Hall–Kier alpha value is -0.820. The van der Waals surface area contributed by atoms with Gasteiger partial charge in [-0.05, 0) is 66.9 Å². The Morgan fingerprint density at radius 1 is 1.20 bits per heavy atom. The Balaban J connectivity index is 1.63. The van der Waals surface area contributed by atoms with E-state index in [9.17, 15) is 0 Å². The van der Waals surface area contributed by atoms with Gasteiger partial charge in [-0.1, -0.05) is 44.5 Å². The van der Waals surface area contributed by atoms with Crippen molar-refractivity contribution in [1.29, 1.82) is 0 Å². The molecule has 0 heterocycles. The summed E-state index contributed by atoms with van der Waals surface area (Å²) < 4.78 is 0. The number of rotatable bonds is 5. The van der Waals surface area contributed by atoms with Gasteiger partial charge in [0.05, 0.1) is 0 Å². The summed E-state index contributed by atoms with van der Waals surface area (Å²) in [5, 5.41) is 0. The van der Waals surface area contributed by atoms with E-state index in [2.05, 4.69) is 38.1 Å². The van der Waals surface area contributed by atoms with Crippen molar-refractivity contribution in [2.24, 2.45) is 29.4 Å². The van der Waals surface area contributed by atoms with Gasteiger partial charge in [-0.2, -0.15) is 0 Å². The topological polar surface area (TPSA) is 26.0 Å². The fourth-order valence-electron chi connectivity index (χ4n) is 4.55. The molecule has 3 rings (SSSR count). The number of fused-ring (bicyclic) bond motifs is 2. The predicted molar refractivity (Wildman–Crippen MR) is 85.5 cm³/mol. The molecule has 0 aromatic heterocycles. The molecule has 2 aliphatic carbocycles. The third-order valence-corrected chi connectivity index (χ3v) is 5.46. The molecule has 0 radical (unpaired) electrons. The second-order valence-electron chi connectivity index (χ2n) is 7.62. The summed E-state index contributed by atoms with van der Waals surface area (Å²) in [4.78, 5) is 0. The van der Waals surface area contributed by atoms with Crippen molar-refractivity contribution in [2.75, 3.05) is 0 Å². The van der Waals surface area contributed by atoms with E-state index in [0.29, 0.717) is 5.92 Å². The van der Waals surface area contributed by atoms with E-state index in [-0.39, 0.29) is 6.04 Å². The quantitative estimate of drug-likeness (QED) is 0.824. The van der Waals surface area contributed by atoms with Crippen molar-refractivity contribution in [3.63, 3.8) is 0 Å². The Bertz CT molecular complexity index is 451. The van der Waals surface area contributed by atoms with Gasteiger partial charge in [-0.3, -0.25) is 0 Å². The molecule has 1 aromatic rings. The van der Waals surface area contributed by atoms with Gasteiger partial charge in [-0.25, -0.2) is 0 Å². The minimum atomic E-state index is 0.242. The monoisotopic (exact) mass is 271 g/mol. The summed E-state index contributed by atoms with van der Waals surface area (Å²) in [5.74, 6) is 3.64. The minimum Gasteiger partial charge on any atom is -0.324 e. The van der Waals surface area contributed by atoms with Crippen LogP contribution in [0.1, 0.15) is 63.1 Å². The molecule has 4 atom stereocenters. The van der Waals surface area contributed by atoms with Gasteiger partial charge in [0.15, 0.2) is 0 Å². The van der Waals surface area contributed by atoms with Crippen LogP contribution in [0.5, 0.6) is 0 Å². The molecule has 110 valence electrons. The van der Waals surface area contributed by atoms with Crippen molar-refractivity contribution in [3.05, 3.63) is 35.4 Å². The summed E-state index contributed by atoms with van der Waals surface area (Å²) in [6, 6.07) is 9.24. The fourth-order valence-corrected chi connectivity index (χ4v) is 4.55. The van der Waals surface area contributed by atoms with Crippen LogP contribution in [-0.4, -0.2) is 0 Å². The van der Waals surface area contributed by atoms with E-state index in [1.165, 1.54) is 43.2 Å². The van der Waals surface area contributed by atoms with Crippen LogP contribution in [0.25, 0.3) is 0 Å². The molecule has 1 nitrogen and oxygen atoms in total. The van der Waals surface area contributed by atoms with Crippen LogP contribution in [0.4, 0.5) is 0 Å². The fraction of sp³-hybridized carbons (Fsp3) is 0.684. The number of benzene rings is 1. The summed E-state index contributed by atoms with van der Waals surface area (Å²) >= 11 is 0. The van der Waals surface area contributed by atoms with Crippen molar-refractivity contribution < 1.29 is 0 Å². The molecule has 0 aliphatic heterocycles. The SMILES string of the molecule is CC(C)Cc1cccc(C(N)CC2CC3CCC2C3)c1. The van der Waals surface area contributed by atoms with Crippen LogP contribution in [0.3, 0.4) is 0 Å². The first-order valence-corrected chi connectivity index (χ1v) is 8.46. The van der Waals surface area contributed by atoms with Gasteiger partial charge in [0.25, 0.3) is 0 Å². The lowest BCUT2D eigenvalue weighted by Gasteiger charge is -2.25. The highest BCUT2D eigenvalue weighted by molar-refractivity contribution is 5.26. The molecule has 4 unspecified atom stereocenters. The Labute approximate surface area is 124 Å². The molecule has 1 aromatic carbocycles. The molecule has 20 heavy (non-hydrogen) atoms. The zero-order valence-corrected chi connectivity index (χ0v) is 13.0. The third-order valence-electron chi connectivity index (χ3n) is 5.46. The average molecular weight is 271 g/mol. The van der Waals surface area contributed by atoms with Crippen molar-refractivity contribution >= 4 is 0 Å². The van der Waals surface area contributed by atoms with E-state index in [1.54, 1.807) is 0 Å². The first kappa shape index (κ1) is 14.1. The van der Waals surface area contributed by atoms with Crippen molar-refractivity contribution in [2.45, 2.75) is 58.4 Å². The lowest BCUT2D eigenvalue weighted by Crippen LogP contribution is -2.19. The predicted octanol–water partition coefficient (Wildman–Crippen LogP) is 4.71. The highest BCUT2D eigenvalue weighted by Gasteiger charge is 2.39. The van der Waals surface area contributed by atoms with Gasteiger partial charge < -0.3 is 5.73 Å². The molecule has 0 spiro atoms. The normalized spacial score (nSPS) is 30.1. The number of hydrogen-bond donors (Lipinski definition) is 1. The van der Waals surface area contributed by atoms with Crippen LogP contribution in [0.15, 0.2) is 24.3 Å². The highest BCUT2D eigenvalue weighted by atomic mass is 14.6. The van der Waals surface area contributed by atoms with Gasteiger partial charge in [0.1, 0.15) is 0 Å². The third kappa shape index (κ3) is 3.09. The van der Waals surface area contributed by atoms with E-state index >= 15 is 0 Å².